The summed E-state index contributed by atoms with van der Waals surface area (Å²) in [7, 11) is 1.69. The first-order chi connectivity index (χ1) is 11.2. The molecule has 1 aliphatic heterocycles. The number of hydrogen-bond acceptors (Lipinski definition) is 4. The molecule has 0 N–H and O–H groups in total. The normalized spacial score (nSPS) is 18.5. The van der Waals surface area contributed by atoms with Gasteiger partial charge in [0.25, 0.3) is 0 Å². The lowest BCUT2D eigenvalue weighted by Crippen LogP contribution is -2.23. The number of benzene rings is 1. The van der Waals surface area contributed by atoms with E-state index in [4.69, 9.17) is 9.26 Å². The zero-order valence-electron chi connectivity index (χ0n) is 13.7. The van der Waals surface area contributed by atoms with E-state index in [0.717, 1.165) is 54.0 Å². The molecule has 1 aromatic carbocycles. The molecule has 5 heteroatoms. The van der Waals surface area contributed by atoms with Gasteiger partial charge < -0.3 is 9.26 Å². The quantitative estimate of drug-likeness (QED) is 0.727. The van der Waals surface area contributed by atoms with Crippen LogP contribution >= 0.6 is 15.9 Å². The molecule has 124 valence electrons. The number of aryl methyl sites for hydroxylation is 1. The van der Waals surface area contributed by atoms with Gasteiger partial charge in [-0.15, -0.1) is 0 Å². The van der Waals surface area contributed by atoms with Gasteiger partial charge in [0.2, 0.25) is 0 Å². The summed E-state index contributed by atoms with van der Waals surface area (Å²) in [5, 5.41) is 4.31. The van der Waals surface area contributed by atoms with Crippen molar-refractivity contribution in [3.05, 3.63) is 45.8 Å². The van der Waals surface area contributed by atoms with Crippen LogP contribution < -0.4 is 4.74 Å². The Morgan fingerprint density at radius 3 is 3.00 bits per heavy atom. The molecule has 0 saturated carbocycles. The summed E-state index contributed by atoms with van der Waals surface area (Å²) in [6, 6.07) is 8.78. The van der Waals surface area contributed by atoms with Crippen LogP contribution in [0.5, 0.6) is 5.75 Å². The number of likely N-dealkylation sites (tertiary alicyclic amines) is 1. The highest BCUT2D eigenvalue weighted by atomic mass is 79.9. The number of rotatable bonds is 6. The van der Waals surface area contributed by atoms with E-state index in [1.165, 1.54) is 12.0 Å². The highest BCUT2D eigenvalue weighted by Gasteiger charge is 2.28. The maximum absolute atomic E-state index is 5.46. The molecule has 3 rings (SSSR count). The second-order valence-corrected chi connectivity index (χ2v) is 6.92. The Morgan fingerprint density at radius 2 is 2.26 bits per heavy atom. The van der Waals surface area contributed by atoms with Crippen LogP contribution in [-0.4, -0.2) is 23.7 Å². The molecule has 1 saturated heterocycles. The average Bonchev–Trinajstić information content (AvgIpc) is 3.17. The van der Waals surface area contributed by atoms with Crippen LogP contribution in [0.3, 0.4) is 0 Å². The Bertz CT molecular complexity index is 656. The van der Waals surface area contributed by atoms with E-state index in [0.29, 0.717) is 6.04 Å². The van der Waals surface area contributed by atoms with Crippen LogP contribution in [-0.2, 0) is 13.0 Å². The zero-order chi connectivity index (χ0) is 16.2. The second kappa shape index (κ2) is 7.49. The van der Waals surface area contributed by atoms with E-state index in [1.807, 2.05) is 6.07 Å². The van der Waals surface area contributed by atoms with Gasteiger partial charge in [-0.25, -0.2) is 0 Å². The van der Waals surface area contributed by atoms with E-state index in [2.05, 4.69) is 51.1 Å². The van der Waals surface area contributed by atoms with Crippen molar-refractivity contribution in [2.75, 3.05) is 13.7 Å². The number of ether oxygens (including phenoxy) is 1. The van der Waals surface area contributed by atoms with Crippen molar-refractivity contribution < 1.29 is 9.26 Å². The molecule has 2 aromatic rings. The Balaban J connectivity index is 1.72. The van der Waals surface area contributed by atoms with Gasteiger partial charge in [-0.05, 0) is 59.4 Å². The maximum atomic E-state index is 5.46. The van der Waals surface area contributed by atoms with Crippen molar-refractivity contribution in [1.29, 1.82) is 0 Å². The van der Waals surface area contributed by atoms with Crippen LogP contribution in [0.25, 0.3) is 0 Å². The zero-order valence-corrected chi connectivity index (χ0v) is 15.3. The molecule has 0 unspecified atom stereocenters. The molecule has 1 atom stereocenters. The van der Waals surface area contributed by atoms with E-state index in [-0.39, 0.29) is 0 Å². The Kier molecular flexibility index (Phi) is 5.38. The molecule has 4 nitrogen and oxygen atoms in total. The van der Waals surface area contributed by atoms with Crippen LogP contribution in [0.15, 0.2) is 33.3 Å². The third-order valence-electron chi connectivity index (χ3n) is 4.38. The fourth-order valence-electron chi connectivity index (χ4n) is 3.24. The number of methoxy groups -OCH3 is 1. The minimum absolute atomic E-state index is 0.366. The first kappa shape index (κ1) is 16.5. The predicted molar refractivity (Wildman–Crippen MR) is 93.6 cm³/mol. The van der Waals surface area contributed by atoms with Crippen molar-refractivity contribution in [3.63, 3.8) is 0 Å². The van der Waals surface area contributed by atoms with E-state index in [9.17, 15) is 0 Å². The van der Waals surface area contributed by atoms with E-state index >= 15 is 0 Å². The smallest absolute Gasteiger partial charge is 0.137 e. The second-order valence-electron chi connectivity index (χ2n) is 6.07. The SMILES string of the molecule is CCCc1cc([C@H]2CCCN2Cc2ccc(OC)c(Br)c2)no1. The standard InChI is InChI=1S/C18H23BrN2O2/c1-3-5-14-11-16(20-23-14)17-6-4-9-21(17)12-13-7-8-18(22-2)15(19)10-13/h7-8,10-11,17H,3-6,9,12H2,1-2H3/t17-/m1/s1. The van der Waals surface area contributed by atoms with Gasteiger partial charge in [-0.1, -0.05) is 18.1 Å². The minimum atomic E-state index is 0.366. The first-order valence-electron chi connectivity index (χ1n) is 8.23. The number of hydrogen-bond donors (Lipinski definition) is 0. The third-order valence-corrected chi connectivity index (χ3v) is 5.00. The summed E-state index contributed by atoms with van der Waals surface area (Å²) < 4.78 is 11.8. The molecule has 0 spiro atoms. The van der Waals surface area contributed by atoms with E-state index < -0.39 is 0 Å². The Hall–Kier alpha value is -1.33. The number of aromatic nitrogens is 1. The summed E-state index contributed by atoms with van der Waals surface area (Å²) in [4.78, 5) is 2.49. The van der Waals surface area contributed by atoms with Gasteiger partial charge >= 0.3 is 0 Å². The molecule has 2 heterocycles. The van der Waals surface area contributed by atoms with Gasteiger partial charge in [0.1, 0.15) is 17.2 Å². The molecule has 23 heavy (non-hydrogen) atoms. The molecule has 1 aliphatic rings. The maximum Gasteiger partial charge on any atom is 0.137 e. The number of nitrogens with zero attached hydrogens (tertiary/aromatic N) is 2. The lowest BCUT2D eigenvalue weighted by molar-refractivity contribution is 0.236. The van der Waals surface area contributed by atoms with E-state index in [1.54, 1.807) is 7.11 Å². The van der Waals surface area contributed by atoms with Crippen LogP contribution in [0.2, 0.25) is 0 Å². The number of halogens is 1. The fraction of sp³-hybridized carbons (Fsp3) is 0.500. The van der Waals surface area contributed by atoms with Crippen molar-refractivity contribution in [3.8, 4) is 5.75 Å². The van der Waals surface area contributed by atoms with Gasteiger partial charge in [-0.2, -0.15) is 0 Å². The van der Waals surface area contributed by atoms with Gasteiger partial charge in [0.15, 0.2) is 0 Å². The molecular formula is C18H23BrN2O2. The van der Waals surface area contributed by atoms with Crippen LogP contribution in [0.4, 0.5) is 0 Å². The van der Waals surface area contributed by atoms with Crippen molar-refractivity contribution in [1.82, 2.24) is 10.1 Å². The summed E-state index contributed by atoms with van der Waals surface area (Å²) in [5.74, 6) is 1.87. The minimum Gasteiger partial charge on any atom is -0.496 e. The summed E-state index contributed by atoms with van der Waals surface area (Å²) >= 11 is 3.57. The van der Waals surface area contributed by atoms with Crippen molar-refractivity contribution in [2.24, 2.45) is 0 Å². The van der Waals surface area contributed by atoms with Crippen LogP contribution in [0.1, 0.15) is 49.2 Å². The predicted octanol–water partition coefficient (Wildman–Crippen LogP) is 4.74. The molecule has 1 aromatic heterocycles. The summed E-state index contributed by atoms with van der Waals surface area (Å²) in [6.45, 7) is 4.18. The molecule has 1 fully saturated rings. The van der Waals surface area contributed by atoms with Gasteiger partial charge in [0, 0.05) is 19.0 Å². The molecule has 0 aliphatic carbocycles. The summed E-state index contributed by atoms with van der Waals surface area (Å²) in [6.07, 6.45) is 4.40. The van der Waals surface area contributed by atoms with Gasteiger partial charge in [-0.3, -0.25) is 4.90 Å². The largest absolute Gasteiger partial charge is 0.496 e. The fourth-order valence-corrected chi connectivity index (χ4v) is 3.83. The topological polar surface area (TPSA) is 38.5 Å². The van der Waals surface area contributed by atoms with Gasteiger partial charge in [0.05, 0.1) is 17.6 Å². The molecular weight excluding hydrogens is 356 g/mol. The molecule has 0 radical (unpaired) electrons. The summed E-state index contributed by atoms with van der Waals surface area (Å²) in [5.41, 5.74) is 2.36. The lowest BCUT2D eigenvalue weighted by atomic mass is 10.1. The first-order valence-corrected chi connectivity index (χ1v) is 9.02. The monoisotopic (exact) mass is 378 g/mol. The Morgan fingerprint density at radius 1 is 1.39 bits per heavy atom. The molecule has 0 amide bonds. The van der Waals surface area contributed by atoms with Crippen molar-refractivity contribution >= 4 is 15.9 Å². The highest BCUT2D eigenvalue weighted by Crippen LogP contribution is 2.34. The molecule has 0 bridgehead atoms. The average molecular weight is 379 g/mol. The Labute approximate surface area is 145 Å². The third kappa shape index (κ3) is 3.78. The van der Waals surface area contributed by atoms with Crippen molar-refractivity contribution in [2.45, 2.75) is 45.2 Å². The highest BCUT2D eigenvalue weighted by molar-refractivity contribution is 9.10. The van der Waals surface area contributed by atoms with Crippen LogP contribution in [0, 0.1) is 0 Å². The lowest BCUT2D eigenvalue weighted by Gasteiger charge is -2.23.